The molecule has 0 radical (unpaired) electrons. The number of urea groups is 1. The van der Waals surface area contributed by atoms with Gasteiger partial charge in [-0.3, -0.25) is 9.59 Å². The Morgan fingerprint density at radius 1 is 1.29 bits per heavy atom. The van der Waals surface area contributed by atoms with Crippen molar-refractivity contribution in [3.05, 3.63) is 0 Å². The number of nitrogens with one attached hydrogen (secondary N) is 1. The summed E-state index contributed by atoms with van der Waals surface area (Å²) in [6.45, 7) is 1.74. The van der Waals surface area contributed by atoms with E-state index in [1.165, 1.54) is 4.90 Å². The molecule has 3 unspecified atom stereocenters. The fourth-order valence-electron chi connectivity index (χ4n) is 3.26. The van der Waals surface area contributed by atoms with Gasteiger partial charge in [0.25, 0.3) is 0 Å². The minimum atomic E-state index is -1.09. The molecule has 0 aliphatic carbocycles. The number of hydrogen-bond acceptors (Lipinski definition) is 4. The standard InChI is InChI=1S/C13H19N3O5/c17-11(18)5-10-12(19)14-3-4-16(10)13(20)15-6-8-1-2-9(7-15)21-8/h8-10H,1-7H2,(H,14,19)(H,17,18). The molecule has 3 saturated heterocycles. The number of likely N-dealkylation sites (tertiary alicyclic amines) is 1. The van der Waals surface area contributed by atoms with Crippen LogP contribution < -0.4 is 5.32 Å². The molecule has 3 atom stereocenters. The van der Waals surface area contributed by atoms with Crippen LogP contribution in [0.15, 0.2) is 0 Å². The van der Waals surface area contributed by atoms with Crippen LogP contribution in [0.1, 0.15) is 19.3 Å². The first kappa shape index (κ1) is 14.1. The number of carboxylic acid groups (broad SMARTS) is 1. The van der Waals surface area contributed by atoms with Gasteiger partial charge in [-0.1, -0.05) is 0 Å². The van der Waals surface area contributed by atoms with Gasteiger partial charge in [0.2, 0.25) is 5.91 Å². The Morgan fingerprint density at radius 3 is 2.57 bits per heavy atom. The smallest absolute Gasteiger partial charge is 0.320 e. The summed E-state index contributed by atoms with van der Waals surface area (Å²) in [7, 11) is 0. The summed E-state index contributed by atoms with van der Waals surface area (Å²) in [5.74, 6) is -1.48. The first-order chi connectivity index (χ1) is 10.0. The minimum Gasteiger partial charge on any atom is -0.481 e. The second-order valence-corrected chi connectivity index (χ2v) is 5.74. The summed E-state index contributed by atoms with van der Waals surface area (Å²) >= 11 is 0. The van der Waals surface area contributed by atoms with Crippen LogP contribution in [0.4, 0.5) is 4.79 Å². The molecule has 8 nitrogen and oxygen atoms in total. The van der Waals surface area contributed by atoms with E-state index in [1.54, 1.807) is 4.90 Å². The maximum Gasteiger partial charge on any atom is 0.320 e. The van der Waals surface area contributed by atoms with Crippen molar-refractivity contribution < 1.29 is 24.2 Å². The Kier molecular flexibility index (Phi) is 3.71. The van der Waals surface area contributed by atoms with Crippen LogP contribution in [0.3, 0.4) is 0 Å². The van der Waals surface area contributed by atoms with Crippen LogP contribution in [0.5, 0.6) is 0 Å². The summed E-state index contributed by atoms with van der Waals surface area (Å²) in [4.78, 5) is 38.5. The number of carbonyl (C=O) groups is 3. The van der Waals surface area contributed by atoms with Crippen LogP contribution in [-0.2, 0) is 14.3 Å². The number of piperazine rings is 1. The first-order valence-corrected chi connectivity index (χ1v) is 7.25. The van der Waals surface area contributed by atoms with E-state index in [4.69, 9.17) is 9.84 Å². The van der Waals surface area contributed by atoms with E-state index in [0.717, 1.165) is 12.8 Å². The third-order valence-corrected chi connectivity index (χ3v) is 4.26. The van der Waals surface area contributed by atoms with E-state index in [-0.39, 0.29) is 24.7 Å². The molecule has 116 valence electrons. The number of nitrogens with zero attached hydrogens (tertiary/aromatic N) is 2. The van der Waals surface area contributed by atoms with Crippen molar-refractivity contribution in [1.29, 1.82) is 0 Å². The zero-order valence-electron chi connectivity index (χ0n) is 11.7. The number of hydrogen-bond donors (Lipinski definition) is 2. The lowest BCUT2D eigenvalue weighted by Crippen LogP contribution is -2.62. The molecular formula is C13H19N3O5. The van der Waals surface area contributed by atoms with Crippen molar-refractivity contribution in [3.8, 4) is 0 Å². The fourth-order valence-corrected chi connectivity index (χ4v) is 3.26. The van der Waals surface area contributed by atoms with E-state index >= 15 is 0 Å². The number of aliphatic carboxylic acids is 1. The quantitative estimate of drug-likeness (QED) is 0.698. The summed E-state index contributed by atoms with van der Waals surface area (Å²) in [6, 6.07) is -1.18. The number of carboxylic acids is 1. The molecule has 3 fully saturated rings. The van der Waals surface area contributed by atoms with Gasteiger partial charge in [-0.2, -0.15) is 0 Å². The highest BCUT2D eigenvalue weighted by Crippen LogP contribution is 2.27. The predicted molar refractivity (Wildman–Crippen MR) is 70.6 cm³/mol. The van der Waals surface area contributed by atoms with Crippen molar-refractivity contribution in [3.63, 3.8) is 0 Å². The van der Waals surface area contributed by atoms with E-state index in [1.807, 2.05) is 0 Å². The Balaban J connectivity index is 1.72. The average molecular weight is 297 g/mol. The molecule has 3 rings (SSSR count). The van der Waals surface area contributed by atoms with Gasteiger partial charge in [0.15, 0.2) is 0 Å². The van der Waals surface area contributed by atoms with Gasteiger partial charge < -0.3 is 25.0 Å². The highest BCUT2D eigenvalue weighted by atomic mass is 16.5. The van der Waals surface area contributed by atoms with E-state index in [9.17, 15) is 14.4 Å². The molecule has 0 saturated carbocycles. The molecule has 0 aromatic heterocycles. The summed E-state index contributed by atoms with van der Waals surface area (Å²) in [6.07, 6.45) is 1.68. The van der Waals surface area contributed by atoms with Crippen LogP contribution in [0.25, 0.3) is 0 Å². The highest BCUT2D eigenvalue weighted by molar-refractivity contribution is 5.91. The zero-order valence-corrected chi connectivity index (χ0v) is 11.7. The number of fused-ring (bicyclic) bond motifs is 2. The zero-order chi connectivity index (χ0) is 15.0. The largest absolute Gasteiger partial charge is 0.481 e. The normalized spacial score (nSPS) is 32.0. The second-order valence-electron chi connectivity index (χ2n) is 5.74. The Labute approximate surface area is 122 Å². The van der Waals surface area contributed by atoms with Gasteiger partial charge in [-0.25, -0.2) is 4.79 Å². The summed E-state index contributed by atoms with van der Waals surface area (Å²) in [5.41, 5.74) is 0. The van der Waals surface area contributed by atoms with Gasteiger partial charge >= 0.3 is 12.0 Å². The van der Waals surface area contributed by atoms with E-state index in [0.29, 0.717) is 26.2 Å². The van der Waals surface area contributed by atoms with Crippen LogP contribution in [-0.4, -0.2) is 77.2 Å². The lowest BCUT2D eigenvalue weighted by atomic mass is 10.1. The van der Waals surface area contributed by atoms with Crippen molar-refractivity contribution >= 4 is 17.9 Å². The Bertz CT molecular complexity index is 457. The van der Waals surface area contributed by atoms with Gasteiger partial charge in [0.05, 0.1) is 18.6 Å². The number of ether oxygens (including phenoxy) is 1. The Hall–Kier alpha value is -1.83. The topological polar surface area (TPSA) is 99.2 Å². The molecule has 0 aromatic carbocycles. The third-order valence-electron chi connectivity index (χ3n) is 4.26. The SMILES string of the molecule is O=C(O)CC1C(=O)NCCN1C(=O)N1CC2CCC(C1)O2. The van der Waals surface area contributed by atoms with Crippen LogP contribution in [0.2, 0.25) is 0 Å². The molecule has 3 aliphatic heterocycles. The third kappa shape index (κ3) is 2.80. The van der Waals surface area contributed by atoms with Crippen molar-refractivity contribution in [2.75, 3.05) is 26.2 Å². The lowest BCUT2D eigenvalue weighted by molar-refractivity contribution is -0.142. The minimum absolute atomic E-state index is 0.0734. The summed E-state index contributed by atoms with van der Waals surface area (Å²) < 4.78 is 5.69. The van der Waals surface area contributed by atoms with Gasteiger partial charge in [-0.05, 0) is 12.8 Å². The summed E-state index contributed by atoms with van der Waals surface area (Å²) in [5, 5.41) is 11.6. The number of amides is 3. The molecule has 2 bridgehead atoms. The predicted octanol–water partition coefficient (Wildman–Crippen LogP) is -0.755. The van der Waals surface area contributed by atoms with E-state index in [2.05, 4.69) is 5.32 Å². The Morgan fingerprint density at radius 2 is 1.95 bits per heavy atom. The van der Waals surface area contributed by atoms with Crippen LogP contribution >= 0.6 is 0 Å². The molecule has 3 aliphatic rings. The molecule has 3 amide bonds. The molecule has 21 heavy (non-hydrogen) atoms. The second kappa shape index (κ2) is 5.51. The maximum absolute atomic E-state index is 12.6. The molecule has 0 spiro atoms. The number of rotatable bonds is 2. The highest BCUT2D eigenvalue weighted by Gasteiger charge is 2.41. The van der Waals surface area contributed by atoms with Crippen molar-refractivity contribution in [2.45, 2.75) is 37.5 Å². The monoisotopic (exact) mass is 297 g/mol. The maximum atomic E-state index is 12.6. The number of morpholine rings is 1. The molecular weight excluding hydrogens is 278 g/mol. The van der Waals surface area contributed by atoms with Gasteiger partial charge in [0, 0.05) is 26.2 Å². The fraction of sp³-hybridized carbons (Fsp3) is 0.769. The van der Waals surface area contributed by atoms with E-state index < -0.39 is 17.9 Å². The van der Waals surface area contributed by atoms with Crippen molar-refractivity contribution in [2.24, 2.45) is 0 Å². The van der Waals surface area contributed by atoms with Gasteiger partial charge in [0.1, 0.15) is 6.04 Å². The first-order valence-electron chi connectivity index (χ1n) is 7.25. The molecule has 2 N–H and O–H groups in total. The molecule has 3 heterocycles. The van der Waals surface area contributed by atoms with Crippen LogP contribution in [0, 0.1) is 0 Å². The molecule has 8 heteroatoms. The average Bonchev–Trinajstić information content (AvgIpc) is 2.78. The lowest BCUT2D eigenvalue weighted by Gasteiger charge is -2.40. The molecule has 0 aromatic rings. The van der Waals surface area contributed by atoms with Gasteiger partial charge in [-0.15, -0.1) is 0 Å². The number of carbonyl (C=O) groups excluding carboxylic acids is 2. The van der Waals surface area contributed by atoms with Crippen molar-refractivity contribution in [1.82, 2.24) is 15.1 Å².